The lowest BCUT2D eigenvalue weighted by molar-refractivity contribution is 0.0997. The number of hydrogen-bond acceptors (Lipinski definition) is 4. The molecule has 0 saturated heterocycles. The predicted octanol–water partition coefficient (Wildman–Crippen LogP) is 3.90. The van der Waals surface area contributed by atoms with Gasteiger partial charge in [-0.1, -0.05) is 6.42 Å². The van der Waals surface area contributed by atoms with Crippen molar-refractivity contribution in [1.82, 2.24) is 4.98 Å². The number of rotatable bonds is 3. The minimum absolute atomic E-state index is 0.248. The van der Waals surface area contributed by atoms with Gasteiger partial charge in [0.25, 0.3) is 0 Å². The second-order valence-electron chi connectivity index (χ2n) is 4.69. The quantitative estimate of drug-likeness (QED) is 0.629. The number of aromatic nitrogens is 1. The summed E-state index contributed by atoms with van der Waals surface area (Å²) in [6.07, 6.45) is 8.48. The molecule has 0 unspecified atom stereocenters. The highest BCUT2D eigenvalue weighted by Gasteiger charge is 2.16. The van der Waals surface area contributed by atoms with E-state index in [9.17, 15) is 4.79 Å². The Hall–Kier alpha value is -1.00. The van der Waals surface area contributed by atoms with Crippen LogP contribution in [0.15, 0.2) is 17.8 Å². The number of thiophene rings is 1. The lowest BCUT2D eigenvalue weighted by Gasteiger charge is -1.95. The first-order valence-electron chi connectivity index (χ1n) is 6.35. The summed E-state index contributed by atoms with van der Waals surface area (Å²) in [5.74, 6) is 0.248. The van der Waals surface area contributed by atoms with E-state index in [-0.39, 0.29) is 5.78 Å². The number of thiazole rings is 1. The Bertz CT molecular complexity index is 519. The van der Waals surface area contributed by atoms with Crippen LogP contribution in [0.5, 0.6) is 0 Å². The monoisotopic (exact) mass is 277 g/mol. The fourth-order valence-electron chi connectivity index (χ4n) is 2.38. The highest BCUT2D eigenvalue weighted by molar-refractivity contribution is 7.14. The summed E-state index contributed by atoms with van der Waals surface area (Å²) in [5.41, 5.74) is 3.21. The van der Waals surface area contributed by atoms with Crippen molar-refractivity contribution in [2.45, 2.75) is 38.5 Å². The van der Waals surface area contributed by atoms with Gasteiger partial charge in [-0.2, -0.15) is 0 Å². The first-order valence-corrected chi connectivity index (χ1v) is 8.04. The SMILES string of the molecule is O=C(Cc1cncs1)c1cc2c(s1)CCCCC2. The van der Waals surface area contributed by atoms with Crippen molar-refractivity contribution in [2.24, 2.45) is 0 Å². The maximum atomic E-state index is 12.2. The van der Waals surface area contributed by atoms with Crippen molar-refractivity contribution in [3.8, 4) is 0 Å². The Labute approximate surface area is 115 Å². The first kappa shape index (κ1) is 12.1. The number of nitrogens with zero attached hydrogens (tertiary/aromatic N) is 1. The molecule has 1 aliphatic carbocycles. The van der Waals surface area contributed by atoms with Crippen LogP contribution in [-0.2, 0) is 19.3 Å². The van der Waals surface area contributed by atoms with Crippen molar-refractivity contribution in [1.29, 1.82) is 0 Å². The van der Waals surface area contributed by atoms with Crippen LogP contribution in [0.1, 0.15) is 44.3 Å². The molecule has 1 aliphatic rings. The van der Waals surface area contributed by atoms with Crippen LogP contribution in [0, 0.1) is 0 Å². The molecule has 2 aromatic heterocycles. The molecule has 0 N–H and O–H groups in total. The van der Waals surface area contributed by atoms with Crippen molar-refractivity contribution >= 4 is 28.5 Å². The zero-order valence-electron chi connectivity index (χ0n) is 10.1. The maximum Gasteiger partial charge on any atom is 0.178 e. The second-order valence-corrected chi connectivity index (χ2v) is 6.80. The van der Waals surface area contributed by atoms with Crippen LogP contribution >= 0.6 is 22.7 Å². The maximum absolute atomic E-state index is 12.2. The van der Waals surface area contributed by atoms with E-state index in [0.717, 1.165) is 22.6 Å². The third-order valence-corrected chi connectivity index (χ3v) is 5.40. The molecular formula is C14H15NOS2. The van der Waals surface area contributed by atoms with Crippen molar-refractivity contribution in [2.75, 3.05) is 0 Å². The van der Waals surface area contributed by atoms with Crippen LogP contribution in [0.2, 0.25) is 0 Å². The fraction of sp³-hybridized carbons (Fsp3) is 0.429. The Morgan fingerprint density at radius 2 is 2.17 bits per heavy atom. The van der Waals surface area contributed by atoms with Gasteiger partial charge < -0.3 is 0 Å². The number of carbonyl (C=O) groups excluding carboxylic acids is 1. The van der Waals surface area contributed by atoms with Gasteiger partial charge in [-0.05, 0) is 37.3 Å². The molecule has 18 heavy (non-hydrogen) atoms. The Morgan fingerprint density at radius 1 is 1.28 bits per heavy atom. The van der Waals surface area contributed by atoms with E-state index < -0.39 is 0 Å². The molecular weight excluding hydrogens is 262 g/mol. The van der Waals surface area contributed by atoms with Crippen molar-refractivity contribution in [3.63, 3.8) is 0 Å². The number of Topliss-reactive ketones (excluding diaryl/α,β-unsaturated/α-hetero) is 1. The van der Waals surface area contributed by atoms with Gasteiger partial charge in [-0.3, -0.25) is 9.78 Å². The lowest BCUT2D eigenvalue weighted by Crippen LogP contribution is -1.99. The van der Waals surface area contributed by atoms with E-state index >= 15 is 0 Å². The van der Waals surface area contributed by atoms with E-state index in [1.807, 2.05) is 0 Å². The number of ketones is 1. The highest BCUT2D eigenvalue weighted by atomic mass is 32.1. The summed E-state index contributed by atoms with van der Waals surface area (Å²) in [4.78, 5) is 19.7. The molecule has 4 heteroatoms. The first-order chi connectivity index (χ1) is 8.83. The minimum atomic E-state index is 0.248. The Balaban J connectivity index is 1.78. The number of aryl methyl sites for hydroxylation is 2. The molecule has 0 aromatic carbocycles. The number of hydrogen-bond donors (Lipinski definition) is 0. The van der Waals surface area contributed by atoms with Gasteiger partial charge in [0.05, 0.1) is 10.4 Å². The molecule has 0 atom stereocenters. The van der Waals surface area contributed by atoms with Gasteiger partial charge in [-0.25, -0.2) is 0 Å². The topological polar surface area (TPSA) is 30.0 Å². The Kier molecular flexibility index (Phi) is 3.57. The van der Waals surface area contributed by atoms with Gasteiger partial charge in [0.15, 0.2) is 5.78 Å². The van der Waals surface area contributed by atoms with Crippen LogP contribution in [0.3, 0.4) is 0 Å². The molecule has 94 valence electrons. The van der Waals surface area contributed by atoms with Crippen LogP contribution < -0.4 is 0 Å². The molecule has 2 aromatic rings. The summed E-state index contributed by atoms with van der Waals surface area (Å²) in [6.45, 7) is 0. The third kappa shape index (κ3) is 2.54. The van der Waals surface area contributed by atoms with E-state index in [0.29, 0.717) is 6.42 Å². The van der Waals surface area contributed by atoms with E-state index in [1.54, 1.807) is 34.4 Å². The molecule has 3 rings (SSSR count). The molecule has 0 amide bonds. The number of fused-ring (bicyclic) bond motifs is 1. The summed E-state index contributed by atoms with van der Waals surface area (Å²) in [6, 6.07) is 2.13. The van der Waals surface area contributed by atoms with E-state index in [2.05, 4.69) is 11.1 Å². The summed E-state index contributed by atoms with van der Waals surface area (Å²) >= 11 is 3.27. The minimum Gasteiger partial charge on any atom is -0.293 e. The molecule has 0 aliphatic heterocycles. The Morgan fingerprint density at radius 3 is 3.00 bits per heavy atom. The third-order valence-electron chi connectivity index (χ3n) is 3.34. The van der Waals surface area contributed by atoms with Gasteiger partial charge in [-0.15, -0.1) is 22.7 Å². The normalized spacial score (nSPS) is 15.1. The summed E-state index contributed by atoms with van der Waals surface area (Å²) in [7, 11) is 0. The molecule has 0 spiro atoms. The zero-order chi connectivity index (χ0) is 12.4. The van der Waals surface area contributed by atoms with Gasteiger partial charge >= 0.3 is 0 Å². The molecule has 0 radical (unpaired) electrons. The van der Waals surface area contributed by atoms with E-state index in [4.69, 9.17) is 0 Å². The van der Waals surface area contributed by atoms with Crippen LogP contribution in [0.25, 0.3) is 0 Å². The van der Waals surface area contributed by atoms with Crippen molar-refractivity contribution < 1.29 is 4.79 Å². The molecule has 0 fully saturated rings. The van der Waals surface area contributed by atoms with Gasteiger partial charge in [0.2, 0.25) is 0 Å². The standard InChI is InChI=1S/C14H15NOS2/c16-12(7-11-8-15-9-17-11)14-6-10-4-2-1-3-5-13(10)18-14/h6,8-9H,1-5,7H2. The largest absolute Gasteiger partial charge is 0.293 e. The predicted molar refractivity (Wildman–Crippen MR) is 75.7 cm³/mol. The second kappa shape index (κ2) is 5.33. The highest BCUT2D eigenvalue weighted by Crippen LogP contribution is 2.29. The fourth-order valence-corrected chi connectivity index (χ4v) is 4.16. The average molecular weight is 277 g/mol. The molecule has 0 bridgehead atoms. The lowest BCUT2D eigenvalue weighted by atomic mass is 10.1. The van der Waals surface area contributed by atoms with Crippen LogP contribution in [0.4, 0.5) is 0 Å². The van der Waals surface area contributed by atoms with Gasteiger partial charge in [0, 0.05) is 22.4 Å². The number of carbonyl (C=O) groups is 1. The molecule has 0 saturated carbocycles. The smallest absolute Gasteiger partial charge is 0.178 e. The summed E-state index contributed by atoms with van der Waals surface area (Å²) < 4.78 is 0. The molecule has 2 nitrogen and oxygen atoms in total. The van der Waals surface area contributed by atoms with E-state index in [1.165, 1.54) is 29.7 Å². The van der Waals surface area contributed by atoms with Gasteiger partial charge in [0.1, 0.15) is 0 Å². The zero-order valence-corrected chi connectivity index (χ0v) is 11.8. The van der Waals surface area contributed by atoms with Crippen molar-refractivity contribution in [3.05, 3.63) is 38.0 Å². The molecule has 2 heterocycles. The average Bonchev–Trinajstić information content (AvgIpc) is 2.95. The van der Waals surface area contributed by atoms with Crippen LogP contribution in [-0.4, -0.2) is 10.8 Å². The summed E-state index contributed by atoms with van der Waals surface area (Å²) in [5, 5.41) is 0.